The first kappa shape index (κ1) is 15.5. The highest BCUT2D eigenvalue weighted by Gasteiger charge is 2.24. The van der Waals surface area contributed by atoms with Crippen molar-refractivity contribution in [3.8, 4) is 11.8 Å². The highest BCUT2D eigenvalue weighted by atomic mass is 32.2. The van der Waals surface area contributed by atoms with Crippen molar-refractivity contribution < 1.29 is 18.3 Å². The SMILES string of the molecule is O=C(CNS(=O)(=O)c1ccccc1C#CCO)NC1CC1. The topological polar surface area (TPSA) is 95.5 Å². The molecule has 0 aliphatic heterocycles. The molecule has 0 bridgehead atoms. The van der Waals surface area contributed by atoms with Gasteiger partial charge in [-0.05, 0) is 25.0 Å². The molecule has 1 aliphatic carbocycles. The smallest absolute Gasteiger partial charge is 0.242 e. The lowest BCUT2D eigenvalue weighted by Crippen LogP contribution is -2.38. The molecule has 1 fully saturated rings. The number of carbonyl (C=O) groups is 1. The first-order valence-electron chi connectivity index (χ1n) is 6.51. The van der Waals surface area contributed by atoms with E-state index in [2.05, 4.69) is 21.9 Å². The van der Waals surface area contributed by atoms with Gasteiger partial charge >= 0.3 is 0 Å². The van der Waals surface area contributed by atoms with E-state index >= 15 is 0 Å². The Bertz CT molecular complexity index is 684. The van der Waals surface area contributed by atoms with Crippen LogP contribution in [-0.4, -0.2) is 38.6 Å². The Morgan fingerprint density at radius 2 is 2.05 bits per heavy atom. The largest absolute Gasteiger partial charge is 0.384 e. The first-order valence-corrected chi connectivity index (χ1v) is 7.99. The quantitative estimate of drug-likeness (QED) is 0.644. The zero-order chi connectivity index (χ0) is 15.3. The molecule has 0 aromatic heterocycles. The lowest BCUT2D eigenvalue weighted by molar-refractivity contribution is -0.120. The van der Waals surface area contributed by atoms with Crippen LogP contribution >= 0.6 is 0 Å². The van der Waals surface area contributed by atoms with E-state index in [-0.39, 0.29) is 35.6 Å². The van der Waals surface area contributed by atoms with Crippen LogP contribution < -0.4 is 10.0 Å². The van der Waals surface area contributed by atoms with Gasteiger partial charge in [0.25, 0.3) is 0 Å². The molecule has 0 heterocycles. The molecule has 0 atom stereocenters. The Kier molecular flexibility index (Phi) is 4.96. The van der Waals surface area contributed by atoms with E-state index in [0.29, 0.717) is 0 Å². The average molecular weight is 308 g/mol. The number of hydrogen-bond donors (Lipinski definition) is 3. The second-order valence-corrected chi connectivity index (χ2v) is 6.36. The number of aliphatic hydroxyl groups excluding tert-OH is 1. The summed E-state index contributed by atoms with van der Waals surface area (Å²) in [5.74, 6) is 4.64. The summed E-state index contributed by atoms with van der Waals surface area (Å²) < 4.78 is 26.7. The van der Waals surface area contributed by atoms with Crippen molar-refractivity contribution in [2.45, 2.75) is 23.8 Å². The van der Waals surface area contributed by atoms with Crippen molar-refractivity contribution in [1.82, 2.24) is 10.0 Å². The molecule has 3 N–H and O–H groups in total. The molecule has 2 rings (SSSR count). The minimum Gasteiger partial charge on any atom is -0.384 e. The van der Waals surface area contributed by atoms with Crippen LogP contribution in [0.5, 0.6) is 0 Å². The van der Waals surface area contributed by atoms with Gasteiger partial charge in [0.15, 0.2) is 0 Å². The maximum Gasteiger partial charge on any atom is 0.242 e. The molecule has 1 aromatic carbocycles. The van der Waals surface area contributed by atoms with E-state index < -0.39 is 10.0 Å². The van der Waals surface area contributed by atoms with Gasteiger partial charge < -0.3 is 10.4 Å². The number of carbonyl (C=O) groups excluding carboxylic acids is 1. The second-order valence-electron chi connectivity index (χ2n) is 4.62. The Morgan fingerprint density at radius 1 is 1.33 bits per heavy atom. The normalized spacial score (nSPS) is 14.1. The molecule has 21 heavy (non-hydrogen) atoms. The summed E-state index contributed by atoms with van der Waals surface area (Å²) in [6.45, 7) is -0.661. The van der Waals surface area contributed by atoms with Gasteiger partial charge in [-0.15, -0.1) is 0 Å². The van der Waals surface area contributed by atoms with Crippen molar-refractivity contribution in [3.63, 3.8) is 0 Å². The standard InChI is InChI=1S/C14H16N2O4S/c17-9-3-5-11-4-1-2-6-13(11)21(19,20)15-10-14(18)16-12-7-8-12/h1-2,4,6,12,15,17H,7-10H2,(H,16,18). The maximum atomic E-state index is 12.2. The van der Waals surface area contributed by atoms with Crippen LogP contribution in [0.2, 0.25) is 0 Å². The summed E-state index contributed by atoms with van der Waals surface area (Å²) >= 11 is 0. The van der Waals surface area contributed by atoms with E-state index in [1.54, 1.807) is 18.2 Å². The zero-order valence-electron chi connectivity index (χ0n) is 11.3. The van der Waals surface area contributed by atoms with Gasteiger partial charge in [-0.1, -0.05) is 24.0 Å². The fourth-order valence-electron chi connectivity index (χ4n) is 1.68. The van der Waals surface area contributed by atoms with E-state index in [0.717, 1.165) is 12.8 Å². The molecule has 7 heteroatoms. The Balaban J connectivity index is 2.09. The number of amides is 1. The Labute approximate surface area is 123 Å². The molecule has 0 spiro atoms. The molecule has 1 aliphatic rings. The van der Waals surface area contributed by atoms with Gasteiger partial charge in [-0.2, -0.15) is 0 Å². The fraction of sp³-hybridized carbons (Fsp3) is 0.357. The number of hydrogen-bond acceptors (Lipinski definition) is 4. The summed E-state index contributed by atoms with van der Waals surface area (Å²) in [6.07, 6.45) is 1.89. The maximum absolute atomic E-state index is 12.2. The van der Waals surface area contributed by atoms with E-state index in [1.165, 1.54) is 6.07 Å². The molecule has 1 saturated carbocycles. The predicted octanol–water partition coefficient (Wildman–Crippen LogP) is -0.413. The van der Waals surface area contributed by atoms with Gasteiger partial charge in [0.1, 0.15) is 6.61 Å². The second kappa shape index (κ2) is 6.72. The third kappa shape index (κ3) is 4.56. The lowest BCUT2D eigenvalue weighted by Gasteiger charge is -2.08. The van der Waals surface area contributed by atoms with Gasteiger partial charge in [-0.3, -0.25) is 4.79 Å². The van der Waals surface area contributed by atoms with Crippen LogP contribution in [0.4, 0.5) is 0 Å². The Morgan fingerprint density at radius 3 is 2.71 bits per heavy atom. The molecule has 0 radical (unpaired) electrons. The summed E-state index contributed by atoms with van der Waals surface area (Å²) in [4.78, 5) is 11.5. The van der Waals surface area contributed by atoms with E-state index in [4.69, 9.17) is 5.11 Å². The molecule has 6 nitrogen and oxygen atoms in total. The molecule has 112 valence electrons. The summed E-state index contributed by atoms with van der Waals surface area (Å²) in [5, 5.41) is 11.4. The van der Waals surface area contributed by atoms with Crippen LogP contribution in [-0.2, 0) is 14.8 Å². The van der Waals surface area contributed by atoms with Gasteiger partial charge in [-0.25, -0.2) is 13.1 Å². The van der Waals surface area contributed by atoms with Crippen molar-refractivity contribution >= 4 is 15.9 Å². The van der Waals surface area contributed by atoms with Crippen molar-refractivity contribution in [2.24, 2.45) is 0 Å². The van der Waals surface area contributed by atoms with Gasteiger partial charge in [0.2, 0.25) is 15.9 Å². The first-order chi connectivity index (χ1) is 10.0. The summed E-state index contributed by atoms with van der Waals surface area (Å²) in [7, 11) is -3.83. The minimum atomic E-state index is -3.83. The van der Waals surface area contributed by atoms with Crippen molar-refractivity contribution in [3.05, 3.63) is 29.8 Å². The zero-order valence-corrected chi connectivity index (χ0v) is 12.1. The van der Waals surface area contributed by atoms with Gasteiger partial charge in [0.05, 0.1) is 11.4 Å². The molecule has 0 unspecified atom stereocenters. The highest BCUT2D eigenvalue weighted by molar-refractivity contribution is 7.89. The molecule has 1 aromatic rings. The highest BCUT2D eigenvalue weighted by Crippen LogP contribution is 2.18. The number of nitrogens with one attached hydrogen (secondary N) is 2. The van der Waals surface area contributed by atoms with Crippen LogP contribution in [0.1, 0.15) is 18.4 Å². The van der Waals surface area contributed by atoms with Crippen molar-refractivity contribution in [2.75, 3.05) is 13.2 Å². The monoisotopic (exact) mass is 308 g/mol. The fourth-order valence-corrected chi connectivity index (χ4v) is 2.83. The summed E-state index contributed by atoms with van der Waals surface area (Å²) in [6, 6.07) is 6.36. The number of aliphatic hydroxyl groups is 1. The molecular weight excluding hydrogens is 292 g/mol. The number of sulfonamides is 1. The molecule has 1 amide bonds. The number of benzene rings is 1. The summed E-state index contributed by atoms with van der Waals surface area (Å²) in [5.41, 5.74) is 0.279. The third-order valence-corrected chi connectivity index (χ3v) is 4.30. The van der Waals surface area contributed by atoms with E-state index in [1.807, 2.05) is 0 Å². The van der Waals surface area contributed by atoms with Crippen LogP contribution in [0.3, 0.4) is 0 Å². The van der Waals surface area contributed by atoms with Crippen LogP contribution in [0, 0.1) is 11.8 Å². The van der Waals surface area contributed by atoms with Crippen LogP contribution in [0.15, 0.2) is 29.2 Å². The van der Waals surface area contributed by atoms with Crippen LogP contribution in [0.25, 0.3) is 0 Å². The Hall–Kier alpha value is -1.88. The third-order valence-electron chi connectivity index (χ3n) is 2.84. The number of rotatable bonds is 5. The minimum absolute atomic E-state index is 0.00910. The lowest BCUT2D eigenvalue weighted by atomic mass is 10.2. The van der Waals surface area contributed by atoms with Crippen molar-refractivity contribution in [1.29, 1.82) is 0 Å². The average Bonchev–Trinajstić information content (AvgIpc) is 3.27. The molecule has 0 saturated heterocycles. The molecular formula is C14H16N2O4S. The predicted molar refractivity (Wildman–Crippen MR) is 76.8 cm³/mol. The van der Waals surface area contributed by atoms with E-state index in [9.17, 15) is 13.2 Å². The van der Waals surface area contributed by atoms with Gasteiger partial charge in [0, 0.05) is 11.6 Å².